The number of aliphatic hydroxyl groups excluding tert-OH is 1. The number of thioether (sulfide) groups is 2. The van der Waals surface area contributed by atoms with Crippen molar-refractivity contribution in [2.24, 2.45) is 0 Å². The fourth-order valence-corrected chi connectivity index (χ4v) is 3.73. The van der Waals surface area contributed by atoms with Crippen molar-refractivity contribution in [3.05, 3.63) is 29.8 Å². The summed E-state index contributed by atoms with van der Waals surface area (Å²) < 4.78 is 1.83. The molecule has 0 fully saturated rings. The Balaban J connectivity index is 1.91. The highest BCUT2D eigenvalue weighted by atomic mass is 32.2. The molecule has 3 N–H and O–H groups in total. The van der Waals surface area contributed by atoms with Crippen LogP contribution < -0.4 is 5.73 Å². The topological polar surface area (TPSA) is 72.0 Å². The monoisotopic (exact) mass is 299 g/mol. The Morgan fingerprint density at radius 1 is 1.28 bits per heavy atom. The van der Waals surface area contributed by atoms with Crippen molar-refractivity contribution < 1.29 is 5.11 Å². The second kappa shape index (κ2) is 6.42. The van der Waals surface area contributed by atoms with E-state index in [4.69, 9.17) is 5.73 Å². The van der Waals surface area contributed by atoms with Gasteiger partial charge in [0.1, 0.15) is 0 Å². The van der Waals surface area contributed by atoms with E-state index in [-0.39, 0.29) is 0 Å². The van der Waals surface area contributed by atoms with E-state index < -0.39 is 6.10 Å². The largest absolute Gasteiger partial charge is 0.399 e. The Kier molecular flexibility index (Phi) is 4.87. The predicted molar refractivity (Wildman–Crippen MR) is 78.2 cm³/mol. The maximum atomic E-state index is 10.0. The number of anilines is 1. The zero-order valence-corrected chi connectivity index (χ0v) is 12.2. The first-order valence-corrected chi connectivity index (χ1v) is 8.25. The van der Waals surface area contributed by atoms with Gasteiger partial charge in [-0.3, -0.25) is 0 Å². The third kappa shape index (κ3) is 3.61. The standard InChI is InChI=1S/C11H13N3OS3/c1-16-10-13-14-11(18-10)17-6-9(15)7-2-4-8(12)5-3-7/h2-5,9,15H,6,12H2,1H3. The molecule has 0 aliphatic rings. The Morgan fingerprint density at radius 2 is 1.94 bits per heavy atom. The summed E-state index contributed by atoms with van der Waals surface area (Å²) in [6, 6.07) is 7.27. The van der Waals surface area contributed by atoms with Crippen LogP contribution in [-0.2, 0) is 0 Å². The number of rotatable bonds is 5. The van der Waals surface area contributed by atoms with Crippen LogP contribution in [0.15, 0.2) is 32.9 Å². The van der Waals surface area contributed by atoms with Crippen molar-refractivity contribution in [2.45, 2.75) is 14.8 Å². The summed E-state index contributed by atoms with van der Waals surface area (Å²) in [6.07, 6.45) is 1.45. The Bertz CT molecular complexity index is 500. The first-order chi connectivity index (χ1) is 8.69. The number of hydrogen-bond donors (Lipinski definition) is 2. The number of nitrogens with zero attached hydrogens (tertiary/aromatic N) is 2. The summed E-state index contributed by atoms with van der Waals surface area (Å²) in [5.74, 6) is 0.562. The highest BCUT2D eigenvalue weighted by Crippen LogP contribution is 2.30. The summed E-state index contributed by atoms with van der Waals surface area (Å²) >= 11 is 4.64. The highest BCUT2D eigenvalue weighted by Gasteiger charge is 2.10. The number of aliphatic hydroxyl groups is 1. The molecule has 0 spiro atoms. The molecule has 4 nitrogen and oxygen atoms in total. The summed E-state index contributed by atoms with van der Waals surface area (Å²) in [6.45, 7) is 0. The van der Waals surface area contributed by atoms with E-state index in [1.807, 2.05) is 18.4 Å². The van der Waals surface area contributed by atoms with Gasteiger partial charge in [-0.15, -0.1) is 10.2 Å². The molecule has 0 amide bonds. The number of nitrogens with two attached hydrogens (primary N) is 1. The first-order valence-electron chi connectivity index (χ1n) is 5.23. The minimum atomic E-state index is -0.516. The molecule has 0 radical (unpaired) electrons. The van der Waals surface area contributed by atoms with E-state index in [0.29, 0.717) is 11.4 Å². The van der Waals surface area contributed by atoms with Crippen molar-refractivity contribution >= 4 is 40.5 Å². The molecule has 7 heteroatoms. The van der Waals surface area contributed by atoms with Gasteiger partial charge in [0.2, 0.25) is 0 Å². The first kappa shape index (κ1) is 13.7. The minimum absolute atomic E-state index is 0.516. The molecule has 1 aromatic carbocycles. The van der Waals surface area contributed by atoms with Crippen molar-refractivity contribution in [3.8, 4) is 0 Å². The number of aromatic nitrogens is 2. The van der Waals surface area contributed by atoms with Gasteiger partial charge < -0.3 is 10.8 Å². The van der Waals surface area contributed by atoms with Gasteiger partial charge in [-0.05, 0) is 24.0 Å². The van der Waals surface area contributed by atoms with Gasteiger partial charge in [0, 0.05) is 11.4 Å². The average molecular weight is 299 g/mol. The van der Waals surface area contributed by atoms with Crippen molar-refractivity contribution in [1.82, 2.24) is 10.2 Å². The summed E-state index contributed by atoms with van der Waals surface area (Å²) in [5.41, 5.74) is 7.17. The molecular weight excluding hydrogens is 286 g/mol. The summed E-state index contributed by atoms with van der Waals surface area (Å²) in [5, 5.41) is 18.1. The molecule has 1 atom stereocenters. The molecule has 2 aromatic rings. The summed E-state index contributed by atoms with van der Waals surface area (Å²) in [7, 11) is 0. The SMILES string of the molecule is CSc1nnc(SCC(O)c2ccc(N)cc2)s1. The summed E-state index contributed by atoms with van der Waals surface area (Å²) in [4.78, 5) is 0. The smallest absolute Gasteiger partial charge is 0.175 e. The molecule has 0 aliphatic carbocycles. The molecule has 0 saturated carbocycles. The lowest BCUT2D eigenvalue weighted by atomic mass is 10.1. The maximum absolute atomic E-state index is 10.0. The highest BCUT2D eigenvalue weighted by molar-refractivity contribution is 8.02. The molecule has 18 heavy (non-hydrogen) atoms. The quantitative estimate of drug-likeness (QED) is 0.653. The molecule has 1 aromatic heterocycles. The van der Waals surface area contributed by atoms with E-state index >= 15 is 0 Å². The van der Waals surface area contributed by atoms with Crippen LogP contribution in [0.25, 0.3) is 0 Å². The lowest BCUT2D eigenvalue weighted by molar-refractivity contribution is 0.204. The second-order valence-corrected chi connectivity index (χ2v) is 6.83. The Hall–Kier alpha value is -0.760. The van der Waals surface area contributed by atoms with Crippen LogP contribution in [0.2, 0.25) is 0 Å². The number of hydrogen-bond acceptors (Lipinski definition) is 7. The predicted octanol–water partition coefficient (Wildman–Crippen LogP) is 2.67. The van der Waals surface area contributed by atoms with Crippen LogP contribution >= 0.6 is 34.9 Å². The van der Waals surface area contributed by atoms with Crippen LogP contribution in [0.5, 0.6) is 0 Å². The van der Waals surface area contributed by atoms with Gasteiger partial charge in [0.25, 0.3) is 0 Å². The van der Waals surface area contributed by atoms with Crippen molar-refractivity contribution in [3.63, 3.8) is 0 Å². The molecule has 2 rings (SSSR count). The van der Waals surface area contributed by atoms with Gasteiger partial charge in [0.05, 0.1) is 6.10 Å². The van der Waals surface area contributed by atoms with Crippen LogP contribution in [0.3, 0.4) is 0 Å². The molecule has 96 valence electrons. The third-order valence-corrected chi connectivity index (χ3v) is 5.36. The average Bonchev–Trinajstić information content (AvgIpc) is 2.85. The Morgan fingerprint density at radius 3 is 2.56 bits per heavy atom. The third-order valence-electron chi connectivity index (χ3n) is 2.25. The van der Waals surface area contributed by atoms with Crippen LogP contribution in [0, 0.1) is 0 Å². The van der Waals surface area contributed by atoms with Crippen LogP contribution in [0.4, 0.5) is 5.69 Å². The minimum Gasteiger partial charge on any atom is -0.399 e. The van der Waals surface area contributed by atoms with E-state index in [1.165, 1.54) is 11.8 Å². The van der Waals surface area contributed by atoms with Gasteiger partial charge >= 0.3 is 0 Å². The Labute approximate surface area is 118 Å². The van der Waals surface area contributed by atoms with E-state index in [2.05, 4.69) is 10.2 Å². The molecule has 1 unspecified atom stereocenters. The number of nitrogen functional groups attached to an aromatic ring is 1. The van der Waals surface area contributed by atoms with Crippen LogP contribution in [-0.4, -0.2) is 27.3 Å². The maximum Gasteiger partial charge on any atom is 0.175 e. The normalized spacial score (nSPS) is 12.6. The zero-order valence-electron chi connectivity index (χ0n) is 9.74. The molecule has 0 bridgehead atoms. The van der Waals surface area contributed by atoms with E-state index in [0.717, 1.165) is 14.2 Å². The van der Waals surface area contributed by atoms with Gasteiger partial charge in [0.15, 0.2) is 8.68 Å². The van der Waals surface area contributed by atoms with E-state index in [9.17, 15) is 5.11 Å². The lowest BCUT2D eigenvalue weighted by Gasteiger charge is -2.09. The fourth-order valence-electron chi connectivity index (χ4n) is 1.30. The lowest BCUT2D eigenvalue weighted by Crippen LogP contribution is -2.00. The van der Waals surface area contributed by atoms with Crippen LogP contribution in [0.1, 0.15) is 11.7 Å². The molecule has 0 aliphatic heterocycles. The van der Waals surface area contributed by atoms with Gasteiger partial charge in [-0.2, -0.15) is 0 Å². The van der Waals surface area contributed by atoms with Gasteiger partial charge in [-0.25, -0.2) is 0 Å². The fraction of sp³-hybridized carbons (Fsp3) is 0.273. The molecule has 1 heterocycles. The van der Waals surface area contributed by atoms with E-state index in [1.54, 1.807) is 35.2 Å². The molecular formula is C11H13N3OS3. The zero-order chi connectivity index (χ0) is 13.0. The second-order valence-electron chi connectivity index (χ2n) is 3.53. The van der Waals surface area contributed by atoms with Crippen molar-refractivity contribution in [2.75, 3.05) is 17.7 Å². The van der Waals surface area contributed by atoms with Crippen molar-refractivity contribution in [1.29, 1.82) is 0 Å². The molecule has 0 saturated heterocycles. The number of benzene rings is 1. The van der Waals surface area contributed by atoms with Gasteiger partial charge in [-0.1, -0.05) is 47.0 Å².